The fourth-order valence-corrected chi connectivity index (χ4v) is 2.97. The summed E-state index contributed by atoms with van der Waals surface area (Å²) >= 11 is 0. The third kappa shape index (κ3) is 8.24. The number of aliphatic hydroxyl groups excluding tert-OH is 3. The number of aliphatic carboxylic acids is 1. The van der Waals surface area contributed by atoms with Crippen molar-refractivity contribution >= 4 is 5.97 Å². The van der Waals surface area contributed by atoms with Gasteiger partial charge in [-0.3, -0.25) is 4.79 Å². The summed E-state index contributed by atoms with van der Waals surface area (Å²) in [5, 5.41) is 38.3. The highest BCUT2D eigenvalue weighted by Crippen LogP contribution is 2.25. The molecule has 0 aliphatic carbocycles. The second-order valence-electron chi connectivity index (χ2n) is 6.57. The van der Waals surface area contributed by atoms with Gasteiger partial charge in [-0.25, -0.2) is 0 Å². The molecule has 1 aliphatic rings. The number of ether oxygens (including phenoxy) is 1. The summed E-state index contributed by atoms with van der Waals surface area (Å²) in [6.07, 6.45) is 6.92. The third-order valence-corrected chi connectivity index (χ3v) is 4.46. The molecule has 0 aromatic rings. The van der Waals surface area contributed by atoms with E-state index in [1.165, 1.54) is 0 Å². The van der Waals surface area contributed by atoms with Gasteiger partial charge in [-0.05, 0) is 19.3 Å². The first-order valence-corrected chi connectivity index (χ1v) is 9.03. The first-order chi connectivity index (χ1) is 11.4. The van der Waals surface area contributed by atoms with Crippen LogP contribution in [0, 0.1) is 0 Å². The fraction of sp³-hybridized carbons (Fsp3) is 0.833. The van der Waals surface area contributed by atoms with Gasteiger partial charge in [-0.15, -0.1) is 0 Å². The second kappa shape index (κ2) is 11.6. The highest BCUT2D eigenvalue weighted by Gasteiger charge is 2.35. The van der Waals surface area contributed by atoms with Crippen molar-refractivity contribution in [1.82, 2.24) is 0 Å². The molecule has 1 fully saturated rings. The van der Waals surface area contributed by atoms with Crippen molar-refractivity contribution in [1.29, 1.82) is 0 Å². The average molecular weight is 344 g/mol. The summed E-state index contributed by atoms with van der Waals surface area (Å²) in [6, 6.07) is 0. The van der Waals surface area contributed by atoms with Crippen LogP contribution in [0.2, 0.25) is 0 Å². The van der Waals surface area contributed by atoms with Gasteiger partial charge >= 0.3 is 5.97 Å². The second-order valence-corrected chi connectivity index (χ2v) is 6.57. The van der Waals surface area contributed by atoms with Crippen molar-refractivity contribution < 1.29 is 30.0 Å². The summed E-state index contributed by atoms with van der Waals surface area (Å²) in [4.78, 5) is 10.4. The number of carboxylic acids is 1. The number of aliphatic hydroxyl groups is 3. The molecule has 1 aliphatic heterocycles. The molecule has 6 nitrogen and oxygen atoms in total. The normalized spacial score (nSPS) is 26.8. The maximum absolute atomic E-state index is 10.4. The zero-order valence-corrected chi connectivity index (χ0v) is 14.5. The van der Waals surface area contributed by atoms with Crippen molar-refractivity contribution in [3.63, 3.8) is 0 Å². The number of unbranched alkanes of at least 4 members (excludes halogenated alkanes) is 4. The number of rotatable bonds is 12. The number of carbonyl (C=O) groups is 1. The van der Waals surface area contributed by atoms with Crippen molar-refractivity contribution in [2.45, 2.75) is 95.2 Å². The molecule has 0 aromatic heterocycles. The zero-order chi connectivity index (χ0) is 17.9. The molecule has 0 radical (unpaired) electrons. The Bertz CT molecular complexity index is 384. The van der Waals surface area contributed by atoms with E-state index in [1.807, 2.05) is 6.92 Å². The molecule has 140 valence electrons. The summed E-state index contributed by atoms with van der Waals surface area (Å²) in [7, 11) is 0. The topological polar surface area (TPSA) is 107 Å². The number of hydrogen-bond acceptors (Lipinski definition) is 5. The van der Waals surface area contributed by atoms with E-state index in [9.17, 15) is 20.1 Å². The van der Waals surface area contributed by atoms with Gasteiger partial charge in [0.2, 0.25) is 0 Å². The van der Waals surface area contributed by atoms with Gasteiger partial charge in [0.15, 0.2) is 0 Å². The number of carboxylic acid groups (broad SMARTS) is 1. The minimum atomic E-state index is -0.818. The van der Waals surface area contributed by atoms with Crippen LogP contribution in [0.25, 0.3) is 0 Å². The predicted octanol–water partition coefficient (Wildman–Crippen LogP) is 2.01. The van der Waals surface area contributed by atoms with Gasteiger partial charge in [-0.2, -0.15) is 0 Å². The standard InChI is InChI=1S/C18H32O6/c1-2-16-15(21)12-17(24-16)14(20)11-10-13(19)8-6-4-3-5-7-9-18(22)23/h10-11,13-17,19-21H,2-9,12H2,1H3,(H,22,23)/b11-10+/t13-,14-,15+,16-,17-/m0/s1. The minimum absolute atomic E-state index is 0.218. The lowest BCUT2D eigenvalue weighted by molar-refractivity contribution is -0.137. The summed E-state index contributed by atoms with van der Waals surface area (Å²) in [6.45, 7) is 1.93. The largest absolute Gasteiger partial charge is 0.481 e. The molecule has 0 saturated carbocycles. The molecule has 5 atom stereocenters. The smallest absolute Gasteiger partial charge is 0.303 e. The predicted molar refractivity (Wildman–Crippen MR) is 90.7 cm³/mol. The van der Waals surface area contributed by atoms with E-state index >= 15 is 0 Å². The lowest BCUT2D eigenvalue weighted by atomic mass is 10.0. The van der Waals surface area contributed by atoms with Crippen molar-refractivity contribution in [2.75, 3.05) is 0 Å². The Labute approximate surface area is 144 Å². The summed E-state index contributed by atoms with van der Waals surface area (Å²) in [5.41, 5.74) is 0. The summed E-state index contributed by atoms with van der Waals surface area (Å²) < 4.78 is 5.60. The molecule has 0 unspecified atom stereocenters. The Morgan fingerprint density at radius 1 is 1.17 bits per heavy atom. The SMILES string of the molecule is CC[C@@H]1O[C@H]([C@@H](O)/C=C/[C@@H](O)CCCCCCCC(=O)O)C[C@H]1O. The highest BCUT2D eigenvalue weighted by molar-refractivity contribution is 5.66. The van der Waals surface area contributed by atoms with E-state index in [1.54, 1.807) is 12.2 Å². The quantitative estimate of drug-likeness (QED) is 0.319. The molecule has 1 rings (SSSR count). The Kier molecular flexibility index (Phi) is 10.2. The molecular weight excluding hydrogens is 312 g/mol. The van der Waals surface area contributed by atoms with Gasteiger partial charge in [-0.1, -0.05) is 44.8 Å². The maximum Gasteiger partial charge on any atom is 0.303 e. The molecule has 0 bridgehead atoms. The van der Waals surface area contributed by atoms with E-state index in [0.29, 0.717) is 25.7 Å². The Morgan fingerprint density at radius 3 is 2.46 bits per heavy atom. The van der Waals surface area contributed by atoms with Crippen LogP contribution in [0.4, 0.5) is 0 Å². The lowest BCUT2D eigenvalue weighted by Crippen LogP contribution is -2.24. The fourth-order valence-electron chi connectivity index (χ4n) is 2.97. The van der Waals surface area contributed by atoms with Crippen molar-refractivity contribution in [3.8, 4) is 0 Å². The first kappa shape index (κ1) is 21.1. The zero-order valence-electron chi connectivity index (χ0n) is 14.5. The van der Waals surface area contributed by atoms with Gasteiger partial charge < -0.3 is 25.2 Å². The van der Waals surface area contributed by atoms with E-state index in [2.05, 4.69) is 0 Å². The third-order valence-electron chi connectivity index (χ3n) is 4.46. The Morgan fingerprint density at radius 2 is 1.83 bits per heavy atom. The van der Waals surface area contributed by atoms with E-state index < -0.39 is 30.4 Å². The van der Waals surface area contributed by atoms with Crippen LogP contribution in [0.3, 0.4) is 0 Å². The monoisotopic (exact) mass is 344 g/mol. The molecule has 0 aromatic carbocycles. The van der Waals surface area contributed by atoms with Crippen LogP contribution >= 0.6 is 0 Å². The molecular formula is C18H32O6. The molecule has 1 heterocycles. The van der Waals surface area contributed by atoms with E-state index in [-0.39, 0.29) is 12.5 Å². The van der Waals surface area contributed by atoms with Crippen LogP contribution < -0.4 is 0 Å². The molecule has 6 heteroatoms. The first-order valence-electron chi connectivity index (χ1n) is 9.03. The molecule has 0 amide bonds. The van der Waals surface area contributed by atoms with Gasteiger partial charge in [0.25, 0.3) is 0 Å². The van der Waals surface area contributed by atoms with Gasteiger partial charge in [0.1, 0.15) is 0 Å². The minimum Gasteiger partial charge on any atom is -0.481 e. The van der Waals surface area contributed by atoms with Crippen LogP contribution in [0.15, 0.2) is 12.2 Å². The van der Waals surface area contributed by atoms with Crippen LogP contribution in [-0.4, -0.2) is 56.9 Å². The van der Waals surface area contributed by atoms with Crippen molar-refractivity contribution in [3.05, 3.63) is 12.2 Å². The maximum atomic E-state index is 10.4. The number of hydrogen-bond donors (Lipinski definition) is 4. The van der Waals surface area contributed by atoms with Crippen LogP contribution in [0.1, 0.15) is 64.7 Å². The molecule has 1 saturated heterocycles. The van der Waals surface area contributed by atoms with Crippen LogP contribution in [-0.2, 0) is 9.53 Å². The Balaban J connectivity index is 2.12. The van der Waals surface area contributed by atoms with Crippen molar-refractivity contribution in [2.24, 2.45) is 0 Å². The van der Waals surface area contributed by atoms with E-state index in [0.717, 1.165) is 25.7 Å². The van der Waals surface area contributed by atoms with E-state index in [4.69, 9.17) is 9.84 Å². The van der Waals surface area contributed by atoms with Gasteiger partial charge in [0, 0.05) is 12.8 Å². The Hall–Kier alpha value is -0.950. The van der Waals surface area contributed by atoms with Crippen LogP contribution in [0.5, 0.6) is 0 Å². The summed E-state index contributed by atoms with van der Waals surface area (Å²) in [5.74, 6) is -0.752. The molecule has 0 spiro atoms. The molecule has 4 N–H and O–H groups in total. The lowest BCUT2D eigenvalue weighted by Gasteiger charge is -2.16. The highest BCUT2D eigenvalue weighted by atomic mass is 16.5. The van der Waals surface area contributed by atoms with Gasteiger partial charge in [0.05, 0.1) is 30.5 Å². The average Bonchev–Trinajstić information content (AvgIpc) is 2.92. The molecule has 24 heavy (non-hydrogen) atoms.